The second kappa shape index (κ2) is 10.8. The molecule has 0 radical (unpaired) electrons. The number of halogens is 5. The van der Waals surface area contributed by atoms with Gasteiger partial charge in [-0.3, -0.25) is 4.99 Å². The minimum atomic E-state index is -4.39. The van der Waals surface area contributed by atoms with E-state index < -0.39 is 11.7 Å². The molecule has 0 amide bonds. The van der Waals surface area contributed by atoms with Crippen LogP contribution in [0.1, 0.15) is 16.7 Å². The van der Waals surface area contributed by atoms with Crippen LogP contribution in [-0.4, -0.2) is 19.6 Å². The number of nitrogens with zero attached hydrogens (tertiary/aromatic N) is 1. The van der Waals surface area contributed by atoms with Gasteiger partial charge in [-0.25, -0.2) is 4.39 Å². The van der Waals surface area contributed by atoms with E-state index in [9.17, 15) is 17.6 Å². The highest BCUT2D eigenvalue weighted by Crippen LogP contribution is 2.29. The van der Waals surface area contributed by atoms with Crippen molar-refractivity contribution in [1.29, 1.82) is 0 Å². The lowest BCUT2D eigenvalue weighted by atomic mass is 10.1. The quantitative estimate of drug-likeness (QED) is 0.222. The van der Waals surface area contributed by atoms with E-state index in [1.165, 1.54) is 24.3 Å². The average molecular weight is 491 g/mol. The van der Waals surface area contributed by atoms with Crippen molar-refractivity contribution in [2.75, 3.05) is 13.6 Å². The molecule has 144 valence electrons. The van der Waals surface area contributed by atoms with Crippen LogP contribution in [0, 0.1) is 17.7 Å². The van der Waals surface area contributed by atoms with Crippen molar-refractivity contribution in [3.8, 4) is 11.8 Å². The number of benzene rings is 2. The van der Waals surface area contributed by atoms with Crippen LogP contribution < -0.4 is 10.6 Å². The Kier molecular flexibility index (Phi) is 9.08. The van der Waals surface area contributed by atoms with E-state index in [2.05, 4.69) is 27.5 Å². The second-order valence-corrected chi connectivity index (χ2v) is 5.29. The Hall–Kier alpha value is -2.28. The smallest absolute Gasteiger partial charge is 0.352 e. The fourth-order valence-corrected chi connectivity index (χ4v) is 2.10. The third-order valence-electron chi connectivity index (χ3n) is 3.34. The van der Waals surface area contributed by atoms with Crippen molar-refractivity contribution in [2.45, 2.75) is 12.7 Å². The molecule has 0 aromatic heterocycles. The molecule has 0 bridgehead atoms. The normalized spacial score (nSPS) is 11.1. The summed E-state index contributed by atoms with van der Waals surface area (Å²) < 4.78 is 51.1. The van der Waals surface area contributed by atoms with Crippen LogP contribution >= 0.6 is 24.0 Å². The third-order valence-corrected chi connectivity index (χ3v) is 3.34. The van der Waals surface area contributed by atoms with Crippen LogP contribution in [0.4, 0.5) is 17.6 Å². The van der Waals surface area contributed by atoms with Crippen molar-refractivity contribution >= 4 is 29.9 Å². The van der Waals surface area contributed by atoms with Crippen molar-refractivity contribution in [3.05, 3.63) is 71.0 Å². The van der Waals surface area contributed by atoms with Gasteiger partial charge in [0.05, 0.1) is 12.1 Å². The van der Waals surface area contributed by atoms with Gasteiger partial charge in [0.2, 0.25) is 0 Å². The zero-order valence-corrected chi connectivity index (χ0v) is 16.7. The van der Waals surface area contributed by atoms with Gasteiger partial charge < -0.3 is 10.6 Å². The molecular weight excluding hydrogens is 473 g/mol. The number of aliphatic imine (C=N–C) groups is 1. The number of alkyl halides is 3. The van der Waals surface area contributed by atoms with Crippen LogP contribution in [0.15, 0.2) is 53.5 Å². The zero-order chi connectivity index (χ0) is 19.0. The largest absolute Gasteiger partial charge is 0.416 e. The maximum absolute atomic E-state index is 13.1. The maximum Gasteiger partial charge on any atom is 0.416 e. The Balaban J connectivity index is 0.00000364. The van der Waals surface area contributed by atoms with Gasteiger partial charge in [-0.05, 0) is 35.9 Å². The molecule has 0 unspecified atom stereocenters. The van der Waals surface area contributed by atoms with Gasteiger partial charge in [0.25, 0.3) is 0 Å². The highest BCUT2D eigenvalue weighted by Gasteiger charge is 2.30. The molecule has 2 rings (SSSR count). The summed E-state index contributed by atoms with van der Waals surface area (Å²) in [6.45, 7) is 0.567. The molecule has 3 nitrogen and oxygen atoms in total. The lowest BCUT2D eigenvalue weighted by Gasteiger charge is -2.10. The van der Waals surface area contributed by atoms with Crippen molar-refractivity contribution < 1.29 is 17.6 Å². The highest BCUT2D eigenvalue weighted by atomic mass is 127. The van der Waals surface area contributed by atoms with Gasteiger partial charge in [0, 0.05) is 19.2 Å². The van der Waals surface area contributed by atoms with E-state index in [1.54, 1.807) is 19.2 Å². The summed E-state index contributed by atoms with van der Waals surface area (Å²) in [5, 5.41) is 5.91. The Labute approximate surface area is 172 Å². The molecule has 0 aliphatic carbocycles. The number of rotatable bonds is 3. The SMILES string of the molecule is CN=C(NCC#Cc1cccc(C(F)(F)F)c1)NCc1cccc(F)c1.I. The summed E-state index contributed by atoms with van der Waals surface area (Å²) in [6, 6.07) is 11.0. The molecule has 8 heteroatoms. The minimum Gasteiger partial charge on any atom is -0.352 e. The Morgan fingerprint density at radius 3 is 2.48 bits per heavy atom. The molecule has 0 aliphatic heterocycles. The summed E-state index contributed by atoms with van der Waals surface area (Å²) in [7, 11) is 1.57. The molecule has 27 heavy (non-hydrogen) atoms. The number of hydrogen-bond acceptors (Lipinski definition) is 1. The first-order valence-electron chi connectivity index (χ1n) is 7.73. The Morgan fingerprint density at radius 2 is 1.81 bits per heavy atom. The topological polar surface area (TPSA) is 36.4 Å². The van der Waals surface area contributed by atoms with E-state index in [1.807, 2.05) is 0 Å². The maximum atomic E-state index is 13.1. The molecular formula is C19H18F4IN3. The third kappa shape index (κ3) is 7.86. The number of guanidine groups is 1. The molecule has 0 spiro atoms. The fourth-order valence-electron chi connectivity index (χ4n) is 2.10. The molecule has 0 aliphatic rings. The average Bonchev–Trinajstić information content (AvgIpc) is 2.61. The first-order chi connectivity index (χ1) is 12.4. The molecule has 2 aromatic rings. The van der Waals surface area contributed by atoms with Crippen molar-refractivity contribution in [3.63, 3.8) is 0 Å². The fraction of sp³-hybridized carbons (Fsp3) is 0.211. The lowest BCUT2D eigenvalue weighted by molar-refractivity contribution is -0.137. The van der Waals surface area contributed by atoms with E-state index in [0.29, 0.717) is 12.5 Å². The molecule has 0 heterocycles. The molecule has 0 atom stereocenters. The van der Waals surface area contributed by atoms with Crippen LogP contribution in [0.25, 0.3) is 0 Å². The van der Waals surface area contributed by atoms with Crippen LogP contribution in [0.5, 0.6) is 0 Å². The first kappa shape index (κ1) is 22.8. The Morgan fingerprint density at radius 1 is 1.07 bits per heavy atom. The van der Waals surface area contributed by atoms with Gasteiger partial charge in [-0.1, -0.05) is 30.0 Å². The summed E-state index contributed by atoms with van der Waals surface area (Å²) in [5.41, 5.74) is 0.303. The Bertz CT molecular complexity index is 839. The predicted octanol–water partition coefficient (Wildman–Crippen LogP) is 4.18. The monoisotopic (exact) mass is 491 g/mol. The molecule has 0 saturated heterocycles. The minimum absolute atomic E-state index is 0. The molecule has 0 saturated carbocycles. The first-order valence-corrected chi connectivity index (χ1v) is 7.73. The summed E-state index contributed by atoms with van der Waals surface area (Å²) in [5.74, 6) is 5.55. The van der Waals surface area contributed by atoms with Crippen molar-refractivity contribution in [1.82, 2.24) is 10.6 Å². The van der Waals surface area contributed by atoms with E-state index in [0.717, 1.165) is 17.7 Å². The van der Waals surface area contributed by atoms with Crippen molar-refractivity contribution in [2.24, 2.45) is 4.99 Å². The predicted molar refractivity (Wildman–Crippen MR) is 108 cm³/mol. The molecule has 0 fully saturated rings. The molecule has 2 N–H and O–H groups in total. The van der Waals surface area contributed by atoms with Crippen LogP contribution in [0.3, 0.4) is 0 Å². The van der Waals surface area contributed by atoms with Gasteiger partial charge in [-0.15, -0.1) is 24.0 Å². The standard InChI is InChI=1S/C19H17F4N3.HI/c1-24-18(26-13-15-6-3-9-17(20)12-15)25-10-4-7-14-5-2-8-16(11-14)19(21,22)23;/h2-3,5-6,8-9,11-12H,10,13H2,1H3,(H2,24,25,26);1H. The zero-order valence-electron chi connectivity index (χ0n) is 14.4. The summed E-state index contributed by atoms with van der Waals surface area (Å²) in [6.07, 6.45) is -4.39. The number of hydrogen-bond donors (Lipinski definition) is 2. The second-order valence-electron chi connectivity index (χ2n) is 5.29. The van der Waals surface area contributed by atoms with E-state index >= 15 is 0 Å². The summed E-state index contributed by atoms with van der Waals surface area (Å²) in [4.78, 5) is 4.00. The van der Waals surface area contributed by atoms with Crippen LogP contribution in [-0.2, 0) is 12.7 Å². The van der Waals surface area contributed by atoms with Gasteiger partial charge >= 0.3 is 6.18 Å². The van der Waals surface area contributed by atoms with Gasteiger partial charge in [-0.2, -0.15) is 13.2 Å². The highest BCUT2D eigenvalue weighted by molar-refractivity contribution is 14.0. The summed E-state index contributed by atoms with van der Waals surface area (Å²) >= 11 is 0. The molecule has 2 aromatic carbocycles. The lowest BCUT2D eigenvalue weighted by Crippen LogP contribution is -2.36. The van der Waals surface area contributed by atoms with E-state index in [-0.39, 0.29) is 41.9 Å². The number of nitrogens with one attached hydrogen (secondary N) is 2. The van der Waals surface area contributed by atoms with Gasteiger partial charge in [0.15, 0.2) is 5.96 Å². The van der Waals surface area contributed by atoms with Gasteiger partial charge in [0.1, 0.15) is 5.82 Å². The van der Waals surface area contributed by atoms with Crippen LogP contribution in [0.2, 0.25) is 0 Å². The van der Waals surface area contributed by atoms with E-state index in [4.69, 9.17) is 0 Å².